The van der Waals surface area contributed by atoms with Crippen molar-refractivity contribution in [2.45, 2.75) is 11.8 Å². The highest BCUT2D eigenvalue weighted by Gasteiger charge is 2.21. The van der Waals surface area contributed by atoms with Crippen LogP contribution in [0.4, 0.5) is 5.69 Å². The summed E-state index contributed by atoms with van der Waals surface area (Å²) in [7, 11) is -4.66. The molecule has 0 aliphatic heterocycles. The minimum Gasteiger partial charge on any atom is -0.505 e. The molecule has 1 amide bonds. The zero-order valence-corrected chi connectivity index (χ0v) is 9.85. The maximum absolute atomic E-state index is 10.9. The second-order valence-corrected chi connectivity index (χ2v) is 4.75. The zero-order chi connectivity index (χ0) is 14.1. The van der Waals surface area contributed by atoms with Gasteiger partial charge >= 0.3 is 5.97 Å². The number of phenols is 1. The number of aromatic hydroxyl groups is 1. The zero-order valence-electron chi connectivity index (χ0n) is 9.04. The van der Waals surface area contributed by atoms with Gasteiger partial charge in [-0.15, -0.1) is 0 Å². The number of carbonyl (C=O) groups is 2. The van der Waals surface area contributed by atoms with Crippen molar-refractivity contribution < 1.29 is 32.8 Å². The molecule has 0 saturated carbocycles. The van der Waals surface area contributed by atoms with Crippen molar-refractivity contribution in [1.29, 1.82) is 0 Å². The largest absolute Gasteiger partial charge is 0.505 e. The second-order valence-electron chi connectivity index (χ2n) is 3.33. The van der Waals surface area contributed by atoms with Crippen LogP contribution >= 0.6 is 0 Å². The Kier molecular flexibility index (Phi) is 3.58. The van der Waals surface area contributed by atoms with E-state index >= 15 is 0 Å². The van der Waals surface area contributed by atoms with Crippen molar-refractivity contribution in [3.8, 4) is 5.75 Å². The number of aromatic carboxylic acids is 1. The van der Waals surface area contributed by atoms with E-state index in [1.54, 1.807) is 0 Å². The second kappa shape index (κ2) is 4.63. The molecule has 0 fully saturated rings. The number of carboxylic acids is 1. The van der Waals surface area contributed by atoms with Crippen molar-refractivity contribution >= 4 is 27.7 Å². The van der Waals surface area contributed by atoms with Crippen molar-refractivity contribution in [2.75, 3.05) is 5.32 Å². The number of hydrogen-bond donors (Lipinski definition) is 4. The fourth-order valence-electron chi connectivity index (χ4n) is 1.20. The third-order valence-electron chi connectivity index (χ3n) is 1.92. The van der Waals surface area contributed by atoms with Crippen LogP contribution in [0.2, 0.25) is 0 Å². The van der Waals surface area contributed by atoms with Crippen LogP contribution < -0.4 is 5.32 Å². The molecule has 0 aliphatic rings. The van der Waals surface area contributed by atoms with Gasteiger partial charge < -0.3 is 15.5 Å². The van der Waals surface area contributed by atoms with E-state index in [0.29, 0.717) is 6.07 Å². The smallest absolute Gasteiger partial charge is 0.339 e. The molecule has 0 heterocycles. The van der Waals surface area contributed by atoms with Gasteiger partial charge in [0, 0.05) is 6.92 Å². The number of benzene rings is 1. The van der Waals surface area contributed by atoms with Gasteiger partial charge in [-0.25, -0.2) is 4.79 Å². The van der Waals surface area contributed by atoms with Gasteiger partial charge in [-0.2, -0.15) is 8.42 Å². The van der Waals surface area contributed by atoms with Gasteiger partial charge in [0.1, 0.15) is 5.56 Å². The quantitative estimate of drug-likeness (QED) is 0.459. The Morgan fingerprint density at radius 1 is 1.28 bits per heavy atom. The minimum atomic E-state index is -4.66. The number of rotatable bonds is 3. The van der Waals surface area contributed by atoms with Crippen molar-refractivity contribution in [1.82, 2.24) is 0 Å². The first-order valence-electron chi connectivity index (χ1n) is 4.48. The summed E-state index contributed by atoms with van der Waals surface area (Å²) in [6.07, 6.45) is 0. The van der Waals surface area contributed by atoms with Crippen LogP contribution in [0.3, 0.4) is 0 Å². The fourth-order valence-corrected chi connectivity index (χ4v) is 1.74. The Morgan fingerprint density at radius 2 is 1.83 bits per heavy atom. The molecule has 0 unspecified atom stereocenters. The maximum Gasteiger partial charge on any atom is 0.339 e. The van der Waals surface area contributed by atoms with Crippen molar-refractivity contribution in [3.63, 3.8) is 0 Å². The number of anilines is 1. The molecule has 1 aromatic rings. The predicted octanol–water partition coefficient (Wildman–Crippen LogP) is 0.295. The molecule has 0 radical (unpaired) electrons. The molecule has 0 saturated heterocycles. The number of carboxylic acid groups (broad SMARTS) is 1. The fraction of sp³-hybridized carbons (Fsp3) is 0.111. The van der Waals surface area contributed by atoms with E-state index in [1.165, 1.54) is 0 Å². The van der Waals surface area contributed by atoms with E-state index in [0.717, 1.165) is 13.0 Å². The first kappa shape index (κ1) is 13.9. The van der Waals surface area contributed by atoms with Crippen LogP contribution in [0.5, 0.6) is 5.75 Å². The summed E-state index contributed by atoms with van der Waals surface area (Å²) in [6, 6.07) is 1.33. The van der Waals surface area contributed by atoms with Gasteiger partial charge in [0.25, 0.3) is 10.1 Å². The first-order valence-corrected chi connectivity index (χ1v) is 5.92. The van der Waals surface area contributed by atoms with E-state index in [1.807, 2.05) is 0 Å². The van der Waals surface area contributed by atoms with Gasteiger partial charge in [-0.3, -0.25) is 9.35 Å². The van der Waals surface area contributed by atoms with Gasteiger partial charge in [0.05, 0.1) is 10.6 Å². The number of carbonyl (C=O) groups excluding carboxylic acids is 1. The third-order valence-corrected chi connectivity index (χ3v) is 2.75. The molecule has 0 aromatic heterocycles. The predicted molar refractivity (Wildman–Crippen MR) is 59.2 cm³/mol. The average Bonchev–Trinajstić information content (AvgIpc) is 2.18. The normalized spacial score (nSPS) is 11.0. The number of nitrogens with one attached hydrogen (secondary N) is 1. The molecule has 1 rings (SSSR count). The van der Waals surface area contributed by atoms with Gasteiger partial charge in [-0.05, 0) is 12.1 Å². The highest BCUT2D eigenvalue weighted by atomic mass is 32.2. The minimum absolute atomic E-state index is 0.421. The third kappa shape index (κ3) is 2.96. The maximum atomic E-state index is 10.9. The summed E-state index contributed by atoms with van der Waals surface area (Å²) in [4.78, 5) is 20.9. The Hall–Kier alpha value is -2.13. The molecule has 8 nitrogen and oxygen atoms in total. The lowest BCUT2D eigenvalue weighted by Crippen LogP contribution is -2.10. The van der Waals surface area contributed by atoms with E-state index < -0.39 is 43.9 Å². The topological polar surface area (TPSA) is 141 Å². The SMILES string of the molecule is CC(=O)Nc1cc(S(=O)(=O)O)cc(C(=O)O)c1O. The Balaban J connectivity index is 3.56. The standard InChI is InChI=1S/C9H9NO7S/c1-4(11)10-7-3-5(18(15,16)17)2-6(8(7)12)9(13)14/h2-3,12H,1H3,(H,10,11)(H,13,14)(H,15,16,17). The lowest BCUT2D eigenvalue weighted by atomic mass is 10.1. The van der Waals surface area contributed by atoms with E-state index in [9.17, 15) is 23.1 Å². The average molecular weight is 275 g/mol. The Morgan fingerprint density at radius 3 is 2.22 bits per heavy atom. The molecular formula is C9H9NO7S. The van der Waals surface area contributed by atoms with Gasteiger partial charge in [0.2, 0.25) is 5.91 Å². The van der Waals surface area contributed by atoms with Gasteiger partial charge in [-0.1, -0.05) is 0 Å². The summed E-state index contributed by atoms with van der Waals surface area (Å²) in [5.41, 5.74) is -1.18. The monoisotopic (exact) mass is 275 g/mol. The molecule has 98 valence electrons. The summed E-state index contributed by atoms with van der Waals surface area (Å²) < 4.78 is 30.7. The van der Waals surface area contributed by atoms with E-state index in [-0.39, 0.29) is 0 Å². The summed E-state index contributed by atoms with van der Waals surface area (Å²) in [5.74, 6) is -3.05. The van der Waals surface area contributed by atoms with Crippen LogP contribution in [-0.4, -0.2) is 35.1 Å². The summed E-state index contributed by atoms with van der Waals surface area (Å²) in [6.45, 7) is 1.08. The van der Waals surface area contributed by atoms with Crippen LogP contribution in [0.15, 0.2) is 17.0 Å². The van der Waals surface area contributed by atoms with Crippen LogP contribution in [0, 0.1) is 0 Å². The Labute approximate surface area is 102 Å². The van der Waals surface area contributed by atoms with Crippen molar-refractivity contribution in [2.24, 2.45) is 0 Å². The number of amides is 1. The van der Waals surface area contributed by atoms with Crippen LogP contribution in [0.1, 0.15) is 17.3 Å². The first-order chi connectivity index (χ1) is 8.12. The highest BCUT2D eigenvalue weighted by Crippen LogP contribution is 2.31. The lowest BCUT2D eigenvalue weighted by Gasteiger charge is -2.09. The van der Waals surface area contributed by atoms with Crippen molar-refractivity contribution in [3.05, 3.63) is 17.7 Å². The Bertz CT molecular complexity index is 620. The van der Waals surface area contributed by atoms with Crippen LogP contribution in [-0.2, 0) is 14.9 Å². The summed E-state index contributed by atoms with van der Waals surface area (Å²) >= 11 is 0. The molecule has 0 aliphatic carbocycles. The summed E-state index contributed by atoms with van der Waals surface area (Å²) in [5, 5.41) is 20.3. The molecule has 9 heteroatoms. The van der Waals surface area contributed by atoms with E-state index in [4.69, 9.17) is 9.66 Å². The van der Waals surface area contributed by atoms with Crippen LogP contribution in [0.25, 0.3) is 0 Å². The molecular weight excluding hydrogens is 266 g/mol. The highest BCUT2D eigenvalue weighted by molar-refractivity contribution is 7.85. The molecule has 0 bridgehead atoms. The molecule has 0 spiro atoms. The van der Waals surface area contributed by atoms with E-state index in [2.05, 4.69) is 5.32 Å². The molecule has 1 aromatic carbocycles. The lowest BCUT2D eigenvalue weighted by molar-refractivity contribution is -0.114. The molecule has 0 atom stereocenters. The van der Waals surface area contributed by atoms with Gasteiger partial charge in [0.15, 0.2) is 5.75 Å². The number of hydrogen-bond acceptors (Lipinski definition) is 5. The molecule has 18 heavy (non-hydrogen) atoms. The molecule has 4 N–H and O–H groups in total.